The molecule has 7 nitrogen and oxygen atoms in total. The minimum Gasteiger partial charge on any atom is -0.343 e. The van der Waals surface area contributed by atoms with Crippen molar-refractivity contribution in [2.24, 2.45) is 0 Å². The fraction of sp³-hybridized carbons (Fsp3) is 0.130. The van der Waals surface area contributed by atoms with E-state index < -0.39 is 4.92 Å². The fourth-order valence-electron chi connectivity index (χ4n) is 3.36. The minimum absolute atomic E-state index is 0.0422. The Morgan fingerprint density at radius 2 is 1.74 bits per heavy atom. The van der Waals surface area contributed by atoms with Crippen LogP contribution in [0.25, 0.3) is 6.08 Å². The van der Waals surface area contributed by atoms with Gasteiger partial charge in [0.2, 0.25) is 0 Å². The van der Waals surface area contributed by atoms with Crippen LogP contribution in [0.1, 0.15) is 22.4 Å². The van der Waals surface area contributed by atoms with Crippen LogP contribution in [0.5, 0.6) is 0 Å². The van der Waals surface area contributed by atoms with Gasteiger partial charge < -0.3 is 4.57 Å². The number of amides is 2. The number of carbonyl (C=O) groups excluding carboxylic acids is 2. The molecule has 1 aliphatic heterocycles. The number of hydrogen-bond donors (Lipinski definition) is 0. The van der Waals surface area contributed by atoms with Gasteiger partial charge in [0.1, 0.15) is 0 Å². The summed E-state index contributed by atoms with van der Waals surface area (Å²) < 4.78 is 1.82. The Bertz CT molecular complexity index is 1200. The van der Waals surface area contributed by atoms with E-state index in [1.165, 1.54) is 11.0 Å². The van der Waals surface area contributed by atoms with Crippen LogP contribution in [0.4, 0.5) is 10.5 Å². The van der Waals surface area contributed by atoms with Crippen molar-refractivity contribution in [3.05, 3.63) is 104 Å². The van der Waals surface area contributed by atoms with Crippen molar-refractivity contribution in [2.75, 3.05) is 0 Å². The quantitative estimate of drug-likeness (QED) is 0.311. The molecule has 1 saturated heterocycles. The van der Waals surface area contributed by atoms with E-state index in [0.29, 0.717) is 16.2 Å². The van der Waals surface area contributed by atoms with Gasteiger partial charge in [0.05, 0.1) is 22.9 Å². The molecular formula is C23H19N3O4S. The van der Waals surface area contributed by atoms with Gasteiger partial charge in [0.25, 0.3) is 16.8 Å². The lowest BCUT2D eigenvalue weighted by atomic mass is 10.1. The van der Waals surface area contributed by atoms with Gasteiger partial charge in [-0.25, -0.2) is 0 Å². The number of rotatable bonds is 6. The van der Waals surface area contributed by atoms with Gasteiger partial charge in [-0.15, -0.1) is 0 Å². The maximum Gasteiger partial charge on any atom is 0.293 e. The SMILES string of the molecule is Cc1ccc(CN2C(=O)S/C(=C/c3cccn3Cc3ccccc3[N+](=O)[O-])C2=O)cc1. The van der Waals surface area contributed by atoms with Gasteiger partial charge in [-0.2, -0.15) is 0 Å². The summed E-state index contributed by atoms with van der Waals surface area (Å²) in [6.45, 7) is 2.48. The molecule has 0 unspecified atom stereocenters. The minimum atomic E-state index is -0.408. The fourth-order valence-corrected chi connectivity index (χ4v) is 4.18. The van der Waals surface area contributed by atoms with Crippen molar-refractivity contribution in [3.63, 3.8) is 0 Å². The molecule has 2 amide bonds. The molecule has 3 aromatic rings. The molecule has 0 radical (unpaired) electrons. The van der Waals surface area contributed by atoms with Crippen LogP contribution in [0.15, 0.2) is 71.8 Å². The van der Waals surface area contributed by atoms with Crippen molar-refractivity contribution in [1.29, 1.82) is 0 Å². The number of benzene rings is 2. The summed E-state index contributed by atoms with van der Waals surface area (Å²) in [6.07, 6.45) is 3.45. The smallest absolute Gasteiger partial charge is 0.293 e. The van der Waals surface area contributed by atoms with Crippen molar-refractivity contribution in [1.82, 2.24) is 9.47 Å². The molecule has 1 aromatic heterocycles. The Balaban J connectivity index is 1.56. The van der Waals surface area contributed by atoms with Gasteiger partial charge in [-0.3, -0.25) is 24.6 Å². The lowest BCUT2D eigenvalue weighted by molar-refractivity contribution is -0.385. The Kier molecular flexibility index (Phi) is 5.73. The first-order valence-corrected chi connectivity index (χ1v) is 10.4. The largest absolute Gasteiger partial charge is 0.343 e. The maximum absolute atomic E-state index is 12.8. The van der Waals surface area contributed by atoms with E-state index in [1.54, 1.807) is 36.5 Å². The standard InChI is InChI=1S/C23H19N3O4S/c1-16-8-10-17(11-9-16)14-25-22(27)21(31-23(25)28)13-19-6-4-12-24(19)15-18-5-2-3-7-20(18)26(29)30/h2-13H,14-15H2,1H3/b21-13+. The maximum atomic E-state index is 12.8. The zero-order chi connectivity index (χ0) is 22.0. The lowest BCUT2D eigenvalue weighted by Crippen LogP contribution is -2.27. The first-order valence-electron chi connectivity index (χ1n) is 9.61. The van der Waals surface area contributed by atoms with Crippen LogP contribution >= 0.6 is 11.8 Å². The molecule has 0 bridgehead atoms. The molecule has 1 aliphatic rings. The van der Waals surface area contributed by atoms with E-state index in [2.05, 4.69) is 0 Å². The molecule has 8 heteroatoms. The van der Waals surface area contributed by atoms with Crippen molar-refractivity contribution >= 4 is 34.7 Å². The first-order chi connectivity index (χ1) is 14.9. The average Bonchev–Trinajstić information content (AvgIpc) is 3.29. The predicted molar refractivity (Wildman–Crippen MR) is 119 cm³/mol. The highest BCUT2D eigenvalue weighted by Crippen LogP contribution is 2.33. The third-order valence-corrected chi connectivity index (χ3v) is 5.91. The van der Waals surface area contributed by atoms with Crippen LogP contribution in [0, 0.1) is 17.0 Å². The van der Waals surface area contributed by atoms with Crippen LogP contribution in [0.3, 0.4) is 0 Å². The van der Waals surface area contributed by atoms with E-state index >= 15 is 0 Å². The highest BCUT2D eigenvalue weighted by atomic mass is 32.2. The zero-order valence-corrected chi connectivity index (χ0v) is 17.5. The third kappa shape index (κ3) is 4.44. The molecule has 31 heavy (non-hydrogen) atoms. The third-order valence-electron chi connectivity index (χ3n) is 5.01. The topological polar surface area (TPSA) is 85.4 Å². The number of aromatic nitrogens is 1. The monoisotopic (exact) mass is 433 g/mol. The molecule has 0 aliphatic carbocycles. The Labute approximate surface area is 183 Å². The van der Waals surface area contributed by atoms with Crippen molar-refractivity contribution in [3.8, 4) is 0 Å². The molecule has 4 rings (SSSR count). The molecule has 2 heterocycles. The molecule has 156 valence electrons. The summed E-state index contributed by atoms with van der Waals surface area (Å²) in [4.78, 5) is 37.7. The predicted octanol–water partition coefficient (Wildman–Crippen LogP) is 4.99. The summed E-state index contributed by atoms with van der Waals surface area (Å²) in [7, 11) is 0. The molecule has 2 aromatic carbocycles. The Morgan fingerprint density at radius 1 is 1.00 bits per heavy atom. The average molecular weight is 433 g/mol. The molecule has 0 saturated carbocycles. The summed E-state index contributed by atoms with van der Waals surface area (Å²) in [6, 6.07) is 17.9. The Hall–Kier alpha value is -3.65. The van der Waals surface area contributed by atoms with Crippen molar-refractivity contribution in [2.45, 2.75) is 20.0 Å². The molecule has 0 N–H and O–H groups in total. The second-order valence-corrected chi connectivity index (χ2v) is 8.19. The number of nitro groups is 1. The van der Waals surface area contributed by atoms with Gasteiger partial charge in [-0.1, -0.05) is 48.0 Å². The van der Waals surface area contributed by atoms with Crippen LogP contribution in [-0.4, -0.2) is 25.5 Å². The van der Waals surface area contributed by atoms with Gasteiger partial charge >= 0.3 is 0 Å². The Morgan fingerprint density at radius 3 is 2.48 bits per heavy atom. The van der Waals surface area contributed by atoms with E-state index in [9.17, 15) is 19.7 Å². The van der Waals surface area contributed by atoms with Gasteiger partial charge in [0, 0.05) is 23.5 Å². The summed E-state index contributed by atoms with van der Waals surface area (Å²) >= 11 is 0.902. The second kappa shape index (κ2) is 8.61. The lowest BCUT2D eigenvalue weighted by Gasteiger charge is -2.12. The molecule has 0 spiro atoms. The summed E-state index contributed by atoms with van der Waals surface area (Å²) in [5.74, 6) is -0.339. The number of para-hydroxylation sites is 1. The first kappa shape index (κ1) is 20.6. The van der Waals surface area contributed by atoms with E-state index in [0.717, 1.165) is 22.9 Å². The number of thioether (sulfide) groups is 1. The second-order valence-electron chi connectivity index (χ2n) is 7.20. The molecule has 0 atom stereocenters. The number of imide groups is 1. The highest BCUT2D eigenvalue weighted by molar-refractivity contribution is 8.18. The highest BCUT2D eigenvalue weighted by Gasteiger charge is 2.35. The number of aryl methyl sites for hydroxylation is 1. The number of nitro benzene ring substituents is 1. The van der Waals surface area contributed by atoms with Crippen molar-refractivity contribution < 1.29 is 14.5 Å². The summed E-state index contributed by atoms with van der Waals surface area (Å²) in [5.41, 5.74) is 3.29. The number of carbonyl (C=O) groups is 2. The normalized spacial score (nSPS) is 15.1. The molecular weight excluding hydrogens is 414 g/mol. The van der Waals surface area contributed by atoms with E-state index in [-0.39, 0.29) is 29.9 Å². The summed E-state index contributed by atoms with van der Waals surface area (Å²) in [5, 5.41) is 11.0. The zero-order valence-electron chi connectivity index (χ0n) is 16.7. The number of nitrogens with zero attached hydrogens (tertiary/aromatic N) is 3. The van der Waals surface area contributed by atoms with Gasteiger partial charge in [-0.05, 0) is 42.5 Å². The number of hydrogen-bond acceptors (Lipinski definition) is 5. The van der Waals surface area contributed by atoms with E-state index in [4.69, 9.17) is 0 Å². The van der Waals surface area contributed by atoms with Crippen LogP contribution in [0.2, 0.25) is 0 Å². The van der Waals surface area contributed by atoms with Crippen LogP contribution in [-0.2, 0) is 17.9 Å². The van der Waals surface area contributed by atoms with Crippen LogP contribution < -0.4 is 0 Å². The molecule has 1 fully saturated rings. The van der Waals surface area contributed by atoms with E-state index in [1.807, 2.05) is 41.8 Å². The van der Waals surface area contributed by atoms with Gasteiger partial charge in [0.15, 0.2) is 0 Å².